The summed E-state index contributed by atoms with van der Waals surface area (Å²) in [5.74, 6) is 0.456. The molecule has 0 aliphatic carbocycles. The van der Waals surface area contributed by atoms with E-state index in [1.54, 1.807) is 19.2 Å². The Kier molecular flexibility index (Phi) is 5.31. The lowest BCUT2D eigenvalue weighted by Gasteiger charge is -2.14. The molecule has 1 atom stereocenters. The smallest absolute Gasteiger partial charge is 0.136 e. The first-order valence-electron chi connectivity index (χ1n) is 6.84. The van der Waals surface area contributed by atoms with Crippen LogP contribution in [0, 0.1) is 5.82 Å². The summed E-state index contributed by atoms with van der Waals surface area (Å²) >= 11 is 0. The maximum absolute atomic E-state index is 13.8. The summed E-state index contributed by atoms with van der Waals surface area (Å²) < 4.78 is 24.5. The topological polar surface area (TPSA) is 38.7 Å². The van der Waals surface area contributed by atoms with Gasteiger partial charge < -0.3 is 14.6 Å². The number of halogens is 1. The van der Waals surface area contributed by atoms with Crippen LogP contribution in [0.15, 0.2) is 42.5 Å². The van der Waals surface area contributed by atoms with Gasteiger partial charge in [-0.3, -0.25) is 0 Å². The Hall–Kier alpha value is -1.91. The normalized spacial score (nSPS) is 12.2. The molecule has 0 spiro atoms. The Morgan fingerprint density at radius 3 is 2.48 bits per heavy atom. The minimum atomic E-state index is -0.929. The van der Waals surface area contributed by atoms with Gasteiger partial charge in [-0.2, -0.15) is 0 Å². The zero-order valence-electron chi connectivity index (χ0n) is 12.2. The summed E-state index contributed by atoms with van der Waals surface area (Å²) in [6, 6.07) is 12.0. The Balaban J connectivity index is 2.17. The maximum atomic E-state index is 13.8. The van der Waals surface area contributed by atoms with Crippen molar-refractivity contribution in [3.63, 3.8) is 0 Å². The molecule has 0 amide bonds. The predicted octanol–water partition coefficient (Wildman–Crippen LogP) is 3.86. The van der Waals surface area contributed by atoms with E-state index >= 15 is 0 Å². The molecule has 0 saturated heterocycles. The molecule has 0 fully saturated rings. The van der Waals surface area contributed by atoms with Crippen LogP contribution in [0.1, 0.15) is 24.2 Å². The average molecular weight is 290 g/mol. The molecule has 0 radical (unpaired) electrons. The predicted molar refractivity (Wildman–Crippen MR) is 79.1 cm³/mol. The number of hydrogen-bond acceptors (Lipinski definition) is 3. The number of methoxy groups -OCH3 is 1. The largest absolute Gasteiger partial charge is 0.457 e. The summed E-state index contributed by atoms with van der Waals surface area (Å²) in [6.07, 6.45) is -0.0995. The quantitative estimate of drug-likeness (QED) is 0.878. The number of benzene rings is 2. The van der Waals surface area contributed by atoms with E-state index in [2.05, 4.69) is 0 Å². The number of hydrogen-bond donors (Lipinski definition) is 1. The highest BCUT2D eigenvalue weighted by Crippen LogP contribution is 2.31. The van der Waals surface area contributed by atoms with E-state index in [0.717, 1.165) is 12.0 Å². The van der Waals surface area contributed by atoms with E-state index in [1.165, 1.54) is 13.0 Å². The molecule has 0 heterocycles. The number of ether oxygens (including phenoxy) is 2. The fourth-order valence-corrected chi connectivity index (χ4v) is 2.08. The third kappa shape index (κ3) is 4.03. The standard InChI is InChI=1S/C17H19FO3/c1-12(19)17-15(18)4-3-5-16(17)21-14-8-6-13(7-9-14)10-11-20-2/h3-9,12,19H,10-11H2,1-2H3/t12-/m0/s1. The van der Waals surface area contributed by atoms with E-state index < -0.39 is 11.9 Å². The number of rotatable bonds is 6. The Morgan fingerprint density at radius 2 is 1.86 bits per heavy atom. The molecule has 3 nitrogen and oxygen atoms in total. The molecule has 0 aliphatic rings. The Morgan fingerprint density at radius 1 is 1.14 bits per heavy atom. The van der Waals surface area contributed by atoms with Crippen molar-refractivity contribution in [3.05, 3.63) is 59.4 Å². The summed E-state index contributed by atoms with van der Waals surface area (Å²) in [5, 5.41) is 9.67. The summed E-state index contributed by atoms with van der Waals surface area (Å²) in [4.78, 5) is 0. The van der Waals surface area contributed by atoms with E-state index in [1.807, 2.05) is 24.3 Å². The van der Waals surface area contributed by atoms with Crippen molar-refractivity contribution in [2.45, 2.75) is 19.4 Å². The third-order valence-corrected chi connectivity index (χ3v) is 3.18. The van der Waals surface area contributed by atoms with Crippen LogP contribution in [0.4, 0.5) is 4.39 Å². The number of aliphatic hydroxyl groups excluding tert-OH is 1. The zero-order valence-corrected chi connectivity index (χ0v) is 12.2. The SMILES string of the molecule is COCCc1ccc(Oc2cccc(F)c2[C@H](C)O)cc1. The van der Waals surface area contributed by atoms with Crippen molar-refractivity contribution < 1.29 is 19.0 Å². The van der Waals surface area contributed by atoms with Crippen LogP contribution in [0.3, 0.4) is 0 Å². The van der Waals surface area contributed by atoms with Crippen molar-refractivity contribution in [2.75, 3.05) is 13.7 Å². The fraction of sp³-hybridized carbons (Fsp3) is 0.294. The van der Waals surface area contributed by atoms with Crippen molar-refractivity contribution in [1.82, 2.24) is 0 Å². The van der Waals surface area contributed by atoms with Crippen LogP contribution in [0.25, 0.3) is 0 Å². The van der Waals surface area contributed by atoms with E-state index in [9.17, 15) is 9.50 Å². The van der Waals surface area contributed by atoms with Gasteiger partial charge in [-0.1, -0.05) is 18.2 Å². The minimum Gasteiger partial charge on any atom is -0.457 e. The van der Waals surface area contributed by atoms with Crippen molar-refractivity contribution >= 4 is 0 Å². The first-order chi connectivity index (χ1) is 10.1. The molecule has 2 aromatic rings. The summed E-state index contributed by atoms with van der Waals surface area (Å²) in [7, 11) is 1.67. The highest BCUT2D eigenvalue weighted by molar-refractivity contribution is 5.40. The second kappa shape index (κ2) is 7.20. The van der Waals surface area contributed by atoms with Gasteiger partial charge in [0.25, 0.3) is 0 Å². The Bertz CT molecular complexity index is 579. The molecule has 1 N–H and O–H groups in total. The van der Waals surface area contributed by atoms with Gasteiger partial charge in [-0.15, -0.1) is 0 Å². The van der Waals surface area contributed by atoms with Gasteiger partial charge in [0.1, 0.15) is 17.3 Å². The molecular weight excluding hydrogens is 271 g/mol. The second-order valence-corrected chi connectivity index (χ2v) is 4.82. The van der Waals surface area contributed by atoms with Crippen LogP contribution in [-0.2, 0) is 11.2 Å². The van der Waals surface area contributed by atoms with E-state index in [-0.39, 0.29) is 5.56 Å². The lowest BCUT2D eigenvalue weighted by Crippen LogP contribution is -2.00. The van der Waals surface area contributed by atoms with Crippen molar-refractivity contribution in [3.8, 4) is 11.5 Å². The summed E-state index contributed by atoms with van der Waals surface area (Å²) in [5.41, 5.74) is 1.31. The van der Waals surface area contributed by atoms with E-state index in [4.69, 9.17) is 9.47 Å². The molecule has 112 valence electrons. The lowest BCUT2D eigenvalue weighted by molar-refractivity contribution is 0.190. The Labute approximate surface area is 124 Å². The molecule has 0 aromatic heterocycles. The maximum Gasteiger partial charge on any atom is 0.136 e. The van der Waals surface area contributed by atoms with Crippen molar-refractivity contribution in [1.29, 1.82) is 0 Å². The van der Waals surface area contributed by atoms with Gasteiger partial charge in [0, 0.05) is 7.11 Å². The monoisotopic (exact) mass is 290 g/mol. The van der Waals surface area contributed by atoms with Gasteiger partial charge in [0.15, 0.2) is 0 Å². The fourth-order valence-electron chi connectivity index (χ4n) is 2.08. The average Bonchev–Trinajstić information content (AvgIpc) is 2.46. The zero-order chi connectivity index (χ0) is 15.2. The third-order valence-electron chi connectivity index (χ3n) is 3.18. The minimum absolute atomic E-state index is 0.168. The molecule has 0 unspecified atom stereocenters. The van der Waals surface area contributed by atoms with Crippen LogP contribution in [-0.4, -0.2) is 18.8 Å². The van der Waals surface area contributed by atoms with Gasteiger partial charge in [0.05, 0.1) is 18.3 Å². The molecule has 0 bridgehead atoms. The van der Waals surface area contributed by atoms with Crippen LogP contribution >= 0.6 is 0 Å². The van der Waals surface area contributed by atoms with Gasteiger partial charge in [-0.05, 0) is 43.2 Å². The molecule has 4 heteroatoms. The molecular formula is C17H19FO3. The molecule has 0 aliphatic heterocycles. The van der Waals surface area contributed by atoms with E-state index in [0.29, 0.717) is 18.1 Å². The first kappa shape index (κ1) is 15.5. The van der Waals surface area contributed by atoms with Gasteiger partial charge in [-0.25, -0.2) is 4.39 Å². The van der Waals surface area contributed by atoms with Gasteiger partial charge >= 0.3 is 0 Å². The molecule has 0 saturated carbocycles. The van der Waals surface area contributed by atoms with Crippen molar-refractivity contribution in [2.24, 2.45) is 0 Å². The van der Waals surface area contributed by atoms with Crippen LogP contribution in [0.2, 0.25) is 0 Å². The molecule has 21 heavy (non-hydrogen) atoms. The highest BCUT2D eigenvalue weighted by atomic mass is 19.1. The summed E-state index contributed by atoms with van der Waals surface area (Å²) in [6.45, 7) is 2.18. The lowest BCUT2D eigenvalue weighted by atomic mass is 10.1. The number of aliphatic hydroxyl groups is 1. The molecule has 2 aromatic carbocycles. The highest BCUT2D eigenvalue weighted by Gasteiger charge is 2.15. The van der Waals surface area contributed by atoms with Crippen LogP contribution < -0.4 is 4.74 Å². The van der Waals surface area contributed by atoms with Gasteiger partial charge in [0.2, 0.25) is 0 Å². The van der Waals surface area contributed by atoms with Crippen LogP contribution in [0.5, 0.6) is 11.5 Å². The molecule has 2 rings (SSSR count). The second-order valence-electron chi connectivity index (χ2n) is 4.82. The first-order valence-corrected chi connectivity index (χ1v) is 6.84.